The van der Waals surface area contributed by atoms with Gasteiger partial charge in [-0.1, -0.05) is 0 Å². The molecular weight excluding hydrogens is 142 g/mol. The molecule has 0 aliphatic rings. The summed E-state index contributed by atoms with van der Waals surface area (Å²) >= 11 is 0. The van der Waals surface area contributed by atoms with Gasteiger partial charge in [0, 0.05) is 13.8 Å². The first-order valence-electron chi connectivity index (χ1n) is 2.89. The van der Waals surface area contributed by atoms with Crippen molar-refractivity contribution >= 4 is 5.97 Å². The van der Waals surface area contributed by atoms with Crippen LogP contribution >= 0.6 is 0 Å². The normalized spacial score (nSPS) is 14.5. The van der Waals surface area contributed by atoms with E-state index in [0.29, 0.717) is 6.92 Å². The van der Waals surface area contributed by atoms with Crippen molar-refractivity contribution in [1.82, 2.24) is 0 Å². The van der Waals surface area contributed by atoms with Crippen LogP contribution in [-0.2, 0) is 9.53 Å². The second kappa shape index (κ2) is 2.94. The number of alkyl halides is 2. The highest BCUT2D eigenvalue weighted by Gasteiger charge is 2.32. The average molecular weight is 152 g/mol. The van der Waals surface area contributed by atoms with E-state index in [4.69, 9.17) is 0 Å². The predicted octanol–water partition coefficient (Wildman–Crippen LogP) is 1.59. The van der Waals surface area contributed by atoms with Crippen LogP contribution in [0, 0.1) is 0 Å². The predicted molar refractivity (Wildman–Crippen MR) is 31.8 cm³/mol. The van der Waals surface area contributed by atoms with E-state index in [1.165, 1.54) is 0 Å². The molecule has 0 aromatic heterocycles. The van der Waals surface area contributed by atoms with E-state index in [1.807, 2.05) is 0 Å². The molecule has 1 unspecified atom stereocenters. The lowest BCUT2D eigenvalue weighted by atomic mass is 10.2. The average Bonchev–Trinajstić information content (AvgIpc) is 1.60. The van der Waals surface area contributed by atoms with Crippen LogP contribution in [0.15, 0.2) is 0 Å². The molecule has 0 saturated heterocycles. The second-order valence-corrected chi connectivity index (χ2v) is 2.21. The maximum Gasteiger partial charge on any atom is 0.303 e. The zero-order valence-corrected chi connectivity index (χ0v) is 6.15. The minimum Gasteiger partial charge on any atom is -0.456 e. The van der Waals surface area contributed by atoms with E-state index in [2.05, 4.69) is 4.74 Å². The molecular formula is C6H10F2O2. The SMILES string of the molecule is CC(=O)OC(C)C(C)(F)F. The molecule has 0 aromatic rings. The molecule has 1 atom stereocenters. The van der Waals surface area contributed by atoms with Gasteiger partial charge in [0.25, 0.3) is 5.92 Å². The van der Waals surface area contributed by atoms with Crippen LogP contribution in [0.2, 0.25) is 0 Å². The molecule has 0 bridgehead atoms. The lowest BCUT2D eigenvalue weighted by molar-refractivity contribution is -0.164. The zero-order chi connectivity index (χ0) is 8.36. The Bertz CT molecular complexity index is 128. The molecule has 0 radical (unpaired) electrons. The first-order valence-corrected chi connectivity index (χ1v) is 2.89. The Kier molecular flexibility index (Phi) is 2.75. The van der Waals surface area contributed by atoms with Crippen LogP contribution < -0.4 is 0 Å². The number of ether oxygens (including phenoxy) is 1. The quantitative estimate of drug-likeness (QED) is 0.561. The largest absolute Gasteiger partial charge is 0.456 e. The fraction of sp³-hybridized carbons (Fsp3) is 0.833. The summed E-state index contributed by atoms with van der Waals surface area (Å²) in [6, 6.07) is 0. The summed E-state index contributed by atoms with van der Waals surface area (Å²) in [5.41, 5.74) is 0. The minimum absolute atomic E-state index is 0.686. The summed E-state index contributed by atoms with van der Waals surface area (Å²) in [6.07, 6.45) is -1.34. The van der Waals surface area contributed by atoms with Gasteiger partial charge in [0.1, 0.15) is 0 Å². The number of hydrogen-bond acceptors (Lipinski definition) is 2. The van der Waals surface area contributed by atoms with Gasteiger partial charge in [-0.05, 0) is 6.92 Å². The van der Waals surface area contributed by atoms with Crippen molar-refractivity contribution in [1.29, 1.82) is 0 Å². The fourth-order valence-electron chi connectivity index (χ4n) is 0.352. The standard InChI is InChI=1S/C6H10F2O2/c1-4(6(3,7)8)10-5(2)9/h4H,1-3H3. The molecule has 0 heterocycles. The molecule has 60 valence electrons. The lowest BCUT2D eigenvalue weighted by Crippen LogP contribution is -2.31. The summed E-state index contributed by atoms with van der Waals surface area (Å²) < 4.78 is 28.6. The van der Waals surface area contributed by atoms with Crippen molar-refractivity contribution in [3.63, 3.8) is 0 Å². The van der Waals surface area contributed by atoms with Crippen molar-refractivity contribution in [2.45, 2.75) is 32.8 Å². The van der Waals surface area contributed by atoms with Gasteiger partial charge in [0.05, 0.1) is 0 Å². The number of carbonyl (C=O) groups is 1. The number of esters is 1. The molecule has 2 nitrogen and oxygen atoms in total. The van der Waals surface area contributed by atoms with Crippen molar-refractivity contribution in [3.8, 4) is 0 Å². The molecule has 0 aromatic carbocycles. The molecule has 0 spiro atoms. The Hall–Kier alpha value is -0.670. The zero-order valence-electron chi connectivity index (χ0n) is 6.15. The highest BCUT2D eigenvalue weighted by molar-refractivity contribution is 5.66. The van der Waals surface area contributed by atoms with Gasteiger partial charge >= 0.3 is 5.97 Å². The molecule has 10 heavy (non-hydrogen) atoms. The summed E-state index contributed by atoms with van der Waals surface area (Å²) in [5, 5.41) is 0. The van der Waals surface area contributed by atoms with E-state index in [1.54, 1.807) is 0 Å². The van der Waals surface area contributed by atoms with Crippen LogP contribution in [0.5, 0.6) is 0 Å². The molecule has 0 N–H and O–H groups in total. The van der Waals surface area contributed by atoms with Crippen molar-refractivity contribution in [2.24, 2.45) is 0 Å². The Morgan fingerprint density at radius 2 is 2.00 bits per heavy atom. The maximum absolute atomic E-state index is 12.2. The molecule has 0 aliphatic heterocycles. The number of carbonyl (C=O) groups excluding carboxylic acids is 1. The topological polar surface area (TPSA) is 26.3 Å². The Morgan fingerprint density at radius 3 is 2.10 bits per heavy atom. The summed E-state index contributed by atoms with van der Waals surface area (Å²) in [5.74, 6) is -3.64. The highest BCUT2D eigenvalue weighted by atomic mass is 19.3. The van der Waals surface area contributed by atoms with Crippen LogP contribution in [0.4, 0.5) is 8.78 Å². The van der Waals surface area contributed by atoms with Gasteiger partial charge in [-0.3, -0.25) is 4.79 Å². The summed E-state index contributed by atoms with van der Waals surface area (Å²) in [4.78, 5) is 10.1. The monoisotopic (exact) mass is 152 g/mol. The van der Waals surface area contributed by atoms with E-state index >= 15 is 0 Å². The molecule has 0 aliphatic carbocycles. The Labute approximate surface area is 58.2 Å². The first kappa shape index (κ1) is 9.33. The maximum atomic E-state index is 12.2. The second-order valence-electron chi connectivity index (χ2n) is 2.21. The summed E-state index contributed by atoms with van der Waals surface area (Å²) in [6.45, 7) is 2.96. The Morgan fingerprint density at radius 1 is 1.60 bits per heavy atom. The smallest absolute Gasteiger partial charge is 0.303 e. The van der Waals surface area contributed by atoms with Gasteiger partial charge < -0.3 is 4.74 Å². The van der Waals surface area contributed by atoms with E-state index in [-0.39, 0.29) is 0 Å². The minimum atomic E-state index is -2.95. The van der Waals surface area contributed by atoms with Crippen molar-refractivity contribution in [3.05, 3.63) is 0 Å². The van der Waals surface area contributed by atoms with Crippen LogP contribution in [0.3, 0.4) is 0 Å². The third kappa shape index (κ3) is 3.37. The highest BCUT2D eigenvalue weighted by Crippen LogP contribution is 2.19. The third-order valence-corrected chi connectivity index (χ3v) is 1.06. The van der Waals surface area contributed by atoms with Gasteiger partial charge in [-0.2, -0.15) is 0 Å². The fourth-order valence-corrected chi connectivity index (χ4v) is 0.352. The molecule has 0 saturated carbocycles. The van der Waals surface area contributed by atoms with Crippen molar-refractivity contribution in [2.75, 3.05) is 0 Å². The van der Waals surface area contributed by atoms with E-state index < -0.39 is 18.0 Å². The Balaban J connectivity index is 3.85. The van der Waals surface area contributed by atoms with E-state index in [0.717, 1.165) is 13.8 Å². The molecule has 0 amide bonds. The van der Waals surface area contributed by atoms with Gasteiger partial charge in [0.2, 0.25) is 0 Å². The van der Waals surface area contributed by atoms with Crippen LogP contribution in [-0.4, -0.2) is 18.0 Å². The number of hydrogen-bond donors (Lipinski definition) is 0. The first-order chi connectivity index (χ1) is 4.34. The van der Waals surface area contributed by atoms with Gasteiger partial charge in [-0.25, -0.2) is 8.78 Å². The third-order valence-electron chi connectivity index (χ3n) is 1.06. The van der Waals surface area contributed by atoms with E-state index in [9.17, 15) is 13.6 Å². The number of rotatable bonds is 2. The number of halogens is 2. The van der Waals surface area contributed by atoms with Crippen LogP contribution in [0.1, 0.15) is 20.8 Å². The lowest BCUT2D eigenvalue weighted by Gasteiger charge is -2.18. The van der Waals surface area contributed by atoms with Crippen LogP contribution in [0.25, 0.3) is 0 Å². The van der Waals surface area contributed by atoms with Gasteiger partial charge in [0.15, 0.2) is 6.10 Å². The molecule has 0 rings (SSSR count). The summed E-state index contributed by atoms with van der Waals surface area (Å²) in [7, 11) is 0. The van der Waals surface area contributed by atoms with Gasteiger partial charge in [-0.15, -0.1) is 0 Å². The molecule has 4 heteroatoms. The molecule has 0 fully saturated rings. The van der Waals surface area contributed by atoms with Crippen molar-refractivity contribution < 1.29 is 18.3 Å².